The van der Waals surface area contributed by atoms with Crippen molar-refractivity contribution >= 4 is 0 Å². The van der Waals surface area contributed by atoms with Crippen LogP contribution in [0.2, 0.25) is 0 Å². The van der Waals surface area contributed by atoms with Gasteiger partial charge in [0.1, 0.15) is 31.2 Å². The van der Waals surface area contributed by atoms with Crippen molar-refractivity contribution in [1.82, 2.24) is 0 Å². The van der Waals surface area contributed by atoms with E-state index in [4.69, 9.17) is 23.7 Å². The Kier molecular flexibility index (Phi) is 3.35. The monoisotopic (exact) mass is 204 g/mol. The molecule has 0 aliphatic carbocycles. The predicted octanol–water partition coefficient (Wildman–Crippen LogP) is -0.212. The van der Waals surface area contributed by atoms with E-state index >= 15 is 0 Å². The van der Waals surface area contributed by atoms with E-state index < -0.39 is 0 Å². The van der Waals surface area contributed by atoms with E-state index in [1.165, 1.54) is 0 Å². The van der Waals surface area contributed by atoms with E-state index in [-0.39, 0.29) is 31.2 Å². The van der Waals surface area contributed by atoms with Crippen LogP contribution in [0.15, 0.2) is 0 Å². The Morgan fingerprint density at radius 1 is 1.07 bits per heavy atom. The highest BCUT2D eigenvalue weighted by Crippen LogP contribution is 2.29. The second kappa shape index (κ2) is 4.55. The number of ether oxygens (including phenoxy) is 5. The lowest BCUT2D eigenvalue weighted by atomic mass is 10.1. The van der Waals surface area contributed by atoms with Crippen molar-refractivity contribution in [1.29, 1.82) is 0 Å². The maximum absolute atomic E-state index is 5.56. The lowest BCUT2D eigenvalue weighted by Crippen LogP contribution is -2.33. The molecular weight excluding hydrogens is 188 g/mol. The van der Waals surface area contributed by atoms with Crippen LogP contribution in [0, 0.1) is 0 Å². The first kappa shape index (κ1) is 10.3. The van der Waals surface area contributed by atoms with Gasteiger partial charge in [-0.1, -0.05) is 0 Å². The second-order valence-corrected chi connectivity index (χ2v) is 3.48. The molecule has 0 aromatic carbocycles. The Morgan fingerprint density at radius 3 is 2.36 bits per heavy atom. The highest BCUT2D eigenvalue weighted by atomic mass is 16.7. The second-order valence-electron chi connectivity index (χ2n) is 3.48. The fourth-order valence-corrected chi connectivity index (χ4v) is 1.93. The lowest BCUT2D eigenvalue weighted by Gasteiger charge is -2.15. The fraction of sp³-hybridized carbons (Fsp3) is 1.00. The number of methoxy groups -OCH3 is 2. The summed E-state index contributed by atoms with van der Waals surface area (Å²) < 4.78 is 26.6. The molecule has 2 saturated heterocycles. The molecule has 82 valence electrons. The van der Waals surface area contributed by atoms with Crippen LogP contribution in [0.1, 0.15) is 0 Å². The Balaban J connectivity index is 1.87. The normalized spacial score (nSPS) is 41.6. The van der Waals surface area contributed by atoms with Crippen molar-refractivity contribution in [2.75, 3.05) is 34.2 Å². The van der Waals surface area contributed by atoms with Crippen LogP contribution < -0.4 is 0 Å². The van der Waals surface area contributed by atoms with Gasteiger partial charge >= 0.3 is 0 Å². The van der Waals surface area contributed by atoms with Crippen LogP contribution in [0.3, 0.4) is 0 Å². The SMILES string of the molecule is COCO[C@@H]1COC2C1OC[C@H]2OC. The maximum Gasteiger partial charge on any atom is 0.146 e. The van der Waals surface area contributed by atoms with Gasteiger partial charge in [0, 0.05) is 14.2 Å². The van der Waals surface area contributed by atoms with Gasteiger partial charge in [0.25, 0.3) is 0 Å². The first-order chi connectivity index (χ1) is 6.86. The molecule has 0 aromatic heterocycles. The average Bonchev–Trinajstić information content (AvgIpc) is 2.75. The highest BCUT2D eigenvalue weighted by molar-refractivity contribution is 4.95. The summed E-state index contributed by atoms with van der Waals surface area (Å²) in [5.41, 5.74) is 0. The number of hydrogen-bond acceptors (Lipinski definition) is 5. The minimum atomic E-state index is -0.0277. The Hall–Kier alpha value is -0.200. The summed E-state index contributed by atoms with van der Waals surface area (Å²) in [4.78, 5) is 0. The Morgan fingerprint density at radius 2 is 1.71 bits per heavy atom. The smallest absolute Gasteiger partial charge is 0.146 e. The zero-order chi connectivity index (χ0) is 9.97. The van der Waals surface area contributed by atoms with Crippen molar-refractivity contribution in [3.8, 4) is 0 Å². The molecule has 5 heteroatoms. The molecule has 2 unspecified atom stereocenters. The zero-order valence-electron chi connectivity index (χ0n) is 8.47. The van der Waals surface area contributed by atoms with Crippen LogP contribution >= 0.6 is 0 Å². The minimum Gasteiger partial charge on any atom is -0.376 e. The molecule has 2 rings (SSSR count). The molecular formula is C9H16O5. The van der Waals surface area contributed by atoms with Gasteiger partial charge in [-0.2, -0.15) is 0 Å². The molecule has 5 nitrogen and oxygen atoms in total. The van der Waals surface area contributed by atoms with Gasteiger partial charge in [-0.05, 0) is 0 Å². The van der Waals surface area contributed by atoms with Gasteiger partial charge in [-0.25, -0.2) is 0 Å². The summed E-state index contributed by atoms with van der Waals surface area (Å²) in [5.74, 6) is 0. The fourth-order valence-electron chi connectivity index (χ4n) is 1.93. The third-order valence-electron chi connectivity index (χ3n) is 2.67. The van der Waals surface area contributed by atoms with E-state index in [2.05, 4.69) is 0 Å². The van der Waals surface area contributed by atoms with Gasteiger partial charge in [0.05, 0.1) is 13.2 Å². The topological polar surface area (TPSA) is 46.2 Å². The third-order valence-corrected chi connectivity index (χ3v) is 2.67. The van der Waals surface area contributed by atoms with Crippen LogP contribution in [-0.2, 0) is 23.7 Å². The maximum atomic E-state index is 5.56. The standard InChI is InChI=1S/C9H16O5/c1-10-5-14-7-4-13-8-6(11-2)3-12-9(7)8/h6-9H,3-5H2,1-2H3/t6-,7-,8?,9?/m1/s1. The molecule has 2 heterocycles. The zero-order valence-corrected chi connectivity index (χ0v) is 8.47. The molecule has 2 fully saturated rings. The quantitative estimate of drug-likeness (QED) is 0.593. The number of rotatable bonds is 4. The summed E-state index contributed by atoms with van der Waals surface area (Å²) in [6, 6.07) is 0. The molecule has 0 aromatic rings. The Labute approximate surface area is 83.2 Å². The first-order valence-corrected chi connectivity index (χ1v) is 4.73. The molecule has 0 saturated carbocycles. The molecule has 0 N–H and O–H groups in total. The van der Waals surface area contributed by atoms with Crippen molar-refractivity contribution in [2.24, 2.45) is 0 Å². The van der Waals surface area contributed by atoms with E-state index in [1.54, 1.807) is 14.2 Å². The van der Waals surface area contributed by atoms with Crippen molar-refractivity contribution in [3.63, 3.8) is 0 Å². The van der Waals surface area contributed by atoms with E-state index in [0.29, 0.717) is 13.2 Å². The average molecular weight is 204 g/mol. The van der Waals surface area contributed by atoms with Gasteiger partial charge in [0.15, 0.2) is 0 Å². The number of hydrogen-bond donors (Lipinski definition) is 0. The van der Waals surface area contributed by atoms with Crippen LogP contribution in [0.25, 0.3) is 0 Å². The molecule has 4 atom stereocenters. The summed E-state index contributed by atoms with van der Waals surface area (Å²) in [5, 5.41) is 0. The molecule has 0 amide bonds. The summed E-state index contributed by atoms with van der Waals surface area (Å²) in [6.45, 7) is 1.41. The largest absolute Gasteiger partial charge is 0.376 e. The molecule has 2 aliphatic heterocycles. The van der Waals surface area contributed by atoms with Crippen LogP contribution in [0.5, 0.6) is 0 Å². The van der Waals surface area contributed by atoms with Gasteiger partial charge in [0.2, 0.25) is 0 Å². The van der Waals surface area contributed by atoms with Gasteiger partial charge < -0.3 is 23.7 Å². The van der Waals surface area contributed by atoms with Crippen molar-refractivity contribution in [2.45, 2.75) is 24.4 Å². The van der Waals surface area contributed by atoms with E-state index in [1.807, 2.05) is 0 Å². The van der Waals surface area contributed by atoms with Crippen molar-refractivity contribution < 1.29 is 23.7 Å². The van der Waals surface area contributed by atoms with E-state index in [9.17, 15) is 0 Å². The van der Waals surface area contributed by atoms with Crippen LogP contribution in [0.4, 0.5) is 0 Å². The van der Waals surface area contributed by atoms with Gasteiger partial charge in [-0.3, -0.25) is 0 Å². The van der Waals surface area contributed by atoms with E-state index in [0.717, 1.165) is 0 Å². The molecule has 2 aliphatic rings. The molecule has 14 heavy (non-hydrogen) atoms. The summed E-state index contributed by atoms with van der Waals surface area (Å²) in [7, 11) is 3.27. The summed E-state index contributed by atoms with van der Waals surface area (Å²) >= 11 is 0. The third kappa shape index (κ3) is 1.78. The Bertz CT molecular complexity index is 186. The molecule has 0 radical (unpaired) electrons. The van der Waals surface area contributed by atoms with Gasteiger partial charge in [-0.15, -0.1) is 0 Å². The van der Waals surface area contributed by atoms with Crippen LogP contribution in [-0.4, -0.2) is 58.6 Å². The minimum absolute atomic E-state index is 0.00454. The first-order valence-electron chi connectivity index (χ1n) is 4.73. The predicted molar refractivity (Wildman–Crippen MR) is 47.0 cm³/mol. The number of fused-ring (bicyclic) bond motifs is 1. The lowest BCUT2D eigenvalue weighted by molar-refractivity contribution is -0.107. The summed E-state index contributed by atoms with van der Waals surface area (Å²) in [6.07, 6.45) is 0.0215. The highest BCUT2D eigenvalue weighted by Gasteiger charge is 2.48. The molecule has 0 bridgehead atoms. The van der Waals surface area contributed by atoms with Crippen molar-refractivity contribution in [3.05, 3.63) is 0 Å². The molecule has 0 spiro atoms.